The van der Waals surface area contributed by atoms with Gasteiger partial charge in [-0.2, -0.15) is 13.9 Å². The molecule has 10 heteroatoms. The van der Waals surface area contributed by atoms with Crippen LogP contribution in [0.15, 0.2) is 74.0 Å². The molecular weight excluding hydrogens is 308 g/mol. The third-order valence-electron chi connectivity index (χ3n) is 2.76. The molecule has 0 aromatic carbocycles. The molecule has 0 saturated carbocycles. The molecule has 0 fully saturated rings. The lowest BCUT2D eigenvalue weighted by Gasteiger charge is -2.10. The molecule has 2 rings (SSSR count). The first-order chi connectivity index (χ1) is 10.5. The summed E-state index contributed by atoms with van der Waals surface area (Å²) < 4.78 is 32.0. The topological polar surface area (TPSA) is 143 Å². The lowest BCUT2D eigenvalue weighted by molar-refractivity contribution is 0.493. The zero-order valence-corrected chi connectivity index (χ0v) is 11.8. The maximum absolute atomic E-state index is 11.4. The Morgan fingerprint density at radius 3 is 2.27 bits per heavy atom. The molecular formula is C12H9N6O3S+. The first kappa shape index (κ1) is 15.4. The van der Waals surface area contributed by atoms with Crippen molar-refractivity contribution in [3.8, 4) is 0 Å². The molecule has 0 unspecified atom stereocenters. The van der Waals surface area contributed by atoms with Crippen LogP contribution < -0.4 is 0 Å². The normalized spacial score (nSPS) is 19.2. The van der Waals surface area contributed by atoms with Gasteiger partial charge < -0.3 is 0 Å². The third kappa shape index (κ3) is 3.35. The molecule has 0 saturated heterocycles. The highest BCUT2D eigenvalue weighted by Crippen LogP contribution is 2.23. The molecule has 9 nitrogen and oxygen atoms in total. The van der Waals surface area contributed by atoms with E-state index in [0.29, 0.717) is 16.9 Å². The zero-order valence-electron chi connectivity index (χ0n) is 10.9. The van der Waals surface area contributed by atoms with Gasteiger partial charge in [-0.15, -0.1) is 5.10 Å². The second kappa shape index (κ2) is 6.17. The first-order valence-electron chi connectivity index (χ1n) is 5.80. The molecule has 2 N–H and O–H groups in total. The summed E-state index contributed by atoms with van der Waals surface area (Å²) in [4.78, 5) is -0.474. The van der Waals surface area contributed by atoms with Gasteiger partial charge >= 0.3 is 5.08 Å². The smallest absolute Gasteiger partial charge is 0.282 e. The number of nitrogens with one attached hydrogen (secondary N) is 1. The second-order valence-electron chi connectivity index (χ2n) is 4.09. The Morgan fingerprint density at radius 1 is 1.09 bits per heavy atom. The number of nitrogens with zero attached hydrogens (tertiary/aromatic N) is 5. The van der Waals surface area contributed by atoms with Crippen molar-refractivity contribution < 1.29 is 13.0 Å². The summed E-state index contributed by atoms with van der Waals surface area (Å²) in [7, 11) is -4.53. The van der Waals surface area contributed by atoms with E-state index in [0.717, 1.165) is 0 Å². The van der Waals surface area contributed by atoms with Crippen molar-refractivity contribution >= 4 is 21.5 Å². The Balaban J connectivity index is 2.51. The van der Waals surface area contributed by atoms with Crippen LogP contribution in [0, 0.1) is 10.9 Å². The van der Waals surface area contributed by atoms with Crippen LogP contribution in [0.2, 0.25) is 0 Å². The van der Waals surface area contributed by atoms with Crippen LogP contribution in [0.5, 0.6) is 0 Å². The van der Waals surface area contributed by atoms with Crippen molar-refractivity contribution in [3.05, 3.63) is 63.7 Å². The molecule has 0 heterocycles. The highest BCUT2D eigenvalue weighted by atomic mass is 32.2. The number of rotatable bonds is 2. The zero-order chi connectivity index (χ0) is 16.2. The molecule has 0 bridgehead atoms. The van der Waals surface area contributed by atoms with E-state index < -0.39 is 15.0 Å². The fourth-order valence-electron chi connectivity index (χ4n) is 1.81. The molecule has 2 aliphatic carbocycles. The molecule has 2 aliphatic rings. The predicted octanol–water partition coefficient (Wildman–Crippen LogP) is 2.35. The summed E-state index contributed by atoms with van der Waals surface area (Å²) in [5.41, 5.74) is 8.08. The van der Waals surface area contributed by atoms with Gasteiger partial charge in [0.05, 0.1) is 5.71 Å². The van der Waals surface area contributed by atoms with Crippen molar-refractivity contribution in [1.82, 2.24) is 0 Å². The van der Waals surface area contributed by atoms with Crippen LogP contribution in [-0.2, 0) is 10.1 Å². The molecule has 0 atom stereocenters. The molecule has 110 valence electrons. The molecule has 0 amide bonds. The van der Waals surface area contributed by atoms with E-state index in [1.807, 2.05) is 0 Å². The largest absolute Gasteiger partial charge is 0.339 e. The highest BCUT2D eigenvalue weighted by Gasteiger charge is 2.25. The minimum atomic E-state index is -4.53. The molecule has 0 radical (unpaired) electrons. The summed E-state index contributed by atoms with van der Waals surface area (Å²) in [6.07, 6.45) is 10.6. The van der Waals surface area contributed by atoms with Crippen LogP contribution in [0.4, 0.5) is 0 Å². The third-order valence-corrected chi connectivity index (χ3v) is 3.64. The molecule has 0 aromatic rings. The SMILES string of the molecule is N#[N+]N=C1C=CC(=C2C=CC(=NN=N)C=C2)C=C1S(=O)(=O)O. The number of hydrogen-bond acceptors (Lipinski definition) is 6. The van der Waals surface area contributed by atoms with Gasteiger partial charge in [-0.1, -0.05) is 23.5 Å². The molecule has 22 heavy (non-hydrogen) atoms. The monoisotopic (exact) mass is 317 g/mol. The molecule has 0 spiro atoms. The van der Waals surface area contributed by atoms with Crippen molar-refractivity contribution in [2.45, 2.75) is 0 Å². The number of hydrogen-bond donors (Lipinski definition) is 2. The van der Waals surface area contributed by atoms with Gasteiger partial charge in [-0.05, 0) is 35.5 Å². The quantitative estimate of drug-likeness (QED) is 0.348. The van der Waals surface area contributed by atoms with Gasteiger partial charge in [0.2, 0.25) is 0 Å². The average Bonchev–Trinajstić information content (AvgIpc) is 2.48. The van der Waals surface area contributed by atoms with E-state index in [1.54, 1.807) is 30.4 Å². The van der Waals surface area contributed by atoms with Crippen LogP contribution in [0.25, 0.3) is 5.08 Å². The van der Waals surface area contributed by atoms with Crippen molar-refractivity contribution in [1.29, 1.82) is 10.9 Å². The van der Waals surface area contributed by atoms with E-state index in [9.17, 15) is 13.0 Å². The van der Waals surface area contributed by atoms with Gasteiger partial charge in [0, 0.05) is 0 Å². The number of diazo groups is 1. The van der Waals surface area contributed by atoms with Crippen LogP contribution in [-0.4, -0.2) is 24.4 Å². The Labute approximate surface area is 125 Å². The Hall–Kier alpha value is -3.03. The lowest BCUT2D eigenvalue weighted by Crippen LogP contribution is -2.14. The molecule has 0 aromatic heterocycles. The first-order valence-corrected chi connectivity index (χ1v) is 7.24. The average molecular weight is 317 g/mol. The van der Waals surface area contributed by atoms with E-state index in [4.69, 9.17) is 10.9 Å². The standard InChI is InChI=1S/C12H8N6O3S/c13-17-15-10-4-1-8(2-5-10)9-3-6-11(16-18-14)12(7-9)22(19,20)21/h1-7,13H/p+1. The van der Waals surface area contributed by atoms with E-state index in [2.05, 4.69) is 20.5 Å². The van der Waals surface area contributed by atoms with Crippen molar-refractivity contribution in [2.24, 2.45) is 15.4 Å². The summed E-state index contributed by atoms with van der Waals surface area (Å²) in [6.45, 7) is 0. The Morgan fingerprint density at radius 2 is 1.73 bits per heavy atom. The highest BCUT2D eigenvalue weighted by molar-refractivity contribution is 7.91. The summed E-state index contributed by atoms with van der Waals surface area (Å²) in [5, 5.41) is 20.6. The molecule has 0 aliphatic heterocycles. The van der Waals surface area contributed by atoms with Crippen molar-refractivity contribution in [2.75, 3.05) is 0 Å². The lowest BCUT2D eigenvalue weighted by atomic mass is 9.98. The van der Waals surface area contributed by atoms with Gasteiger partial charge in [-0.25, -0.2) is 0 Å². The minimum absolute atomic E-state index is 0.187. The van der Waals surface area contributed by atoms with E-state index in [-0.39, 0.29) is 5.71 Å². The number of allylic oxidation sites excluding steroid dienone is 10. The Kier molecular flexibility index (Phi) is 4.31. The predicted molar refractivity (Wildman–Crippen MR) is 79.2 cm³/mol. The van der Waals surface area contributed by atoms with Crippen LogP contribution in [0.1, 0.15) is 0 Å². The van der Waals surface area contributed by atoms with E-state index >= 15 is 0 Å². The van der Waals surface area contributed by atoms with E-state index in [1.165, 1.54) is 12.2 Å². The van der Waals surface area contributed by atoms with Gasteiger partial charge in [-0.3, -0.25) is 4.55 Å². The van der Waals surface area contributed by atoms with Gasteiger partial charge in [0.25, 0.3) is 15.5 Å². The fourth-order valence-corrected chi connectivity index (χ4v) is 2.46. The van der Waals surface area contributed by atoms with Crippen LogP contribution in [0.3, 0.4) is 0 Å². The minimum Gasteiger partial charge on any atom is -0.282 e. The summed E-state index contributed by atoms with van der Waals surface area (Å²) in [5.74, 6) is 0. The van der Waals surface area contributed by atoms with Crippen molar-refractivity contribution in [3.63, 3.8) is 0 Å². The summed E-state index contributed by atoms with van der Waals surface area (Å²) in [6, 6.07) is 0. The fraction of sp³-hybridized carbons (Fsp3) is 0. The van der Waals surface area contributed by atoms with Gasteiger partial charge in [0.1, 0.15) is 4.91 Å². The summed E-state index contributed by atoms with van der Waals surface area (Å²) >= 11 is 0. The second-order valence-corrected chi connectivity index (χ2v) is 5.48. The maximum atomic E-state index is 11.4. The Bertz CT molecular complexity index is 860. The van der Waals surface area contributed by atoms with Gasteiger partial charge in [0.15, 0.2) is 10.8 Å². The maximum Gasteiger partial charge on any atom is 0.339 e. The van der Waals surface area contributed by atoms with Crippen LogP contribution >= 0.6 is 0 Å².